The lowest BCUT2D eigenvalue weighted by molar-refractivity contribution is 0.502. The van der Waals surface area contributed by atoms with Gasteiger partial charge in [-0.2, -0.15) is 0 Å². The Bertz CT molecular complexity index is 614. The van der Waals surface area contributed by atoms with Gasteiger partial charge in [-0.3, -0.25) is 11.3 Å². The lowest BCUT2D eigenvalue weighted by atomic mass is 9.99. The second kappa shape index (κ2) is 6.93. The van der Waals surface area contributed by atoms with Crippen molar-refractivity contribution in [2.45, 2.75) is 18.9 Å². The highest BCUT2D eigenvalue weighted by Crippen LogP contribution is 2.20. The van der Waals surface area contributed by atoms with Gasteiger partial charge in [0.25, 0.3) is 0 Å². The van der Waals surface area contributed by atoms with Crippen molar-refractivity contribution >= 4 is 11.6 Å². The number of benzene rings is 2. The molecule has 0 radical (unpaired) electrons. The van der Waals surface area contributed by atoms with Crippen molar-refractivity contribution in [3.05, 3.63) is 70.0 Å². The first kappa shape index (κ1) is 15.8. The fraction of sp³-hybridized carbons (Fsp3) is 0.200. The maximum atomic E-state index is 13.8. The number of rotatable bonds is 5. The number of nitrogens with one attached hydrogen (secondary N) is 1. The summed E-state index contributed by atoms with van der Waals surface area (Å²) in [5.41, 5.74) is 3.36. The molecule has 2 aromatic carbocycles. The number of hydrogen-bond acceptors (Lipinski definition) is 2. The molecule has 0 heterocycles. The molecule has 0 bridgehead atoms. The minimum Gasteiger partial charge on any atom is -0.271 e. The first-order chi connectivity index (χ1) is 9.99. The second-order valence-corrected chi connectivity index (χ2v) is 5.17. The van der Waals surface area contributed by atoms with Crippen molar-refractivity contribution in [1.82, 2.24) is 5.43 Å². The third kappa shape index (κ3) is 4.20. The summed E-state index contributed by atoms with van der Waals surface area (Å²) in [7, 11) is 0. The highest BCUT2D eigenvalue weighted by Gasteiger charge is 2.14. The van der Waals surface area contributed by atoms with Crippen LogP contribution in [0.5, 0.6) is 0 Å². The number of nitrogens with two attached hydrogens (primary N) is 1. The minimum absolute atomic E-state index is 0.0278. The van der Waals surface area contributed by atoms with Gasteiger partial charge in [0.2, 0.25) is 0 Å². The van der Waals surface area contributed by atoms with E-state index in [2.05, 4.69) is 5.43 Å². The fourth-order valence-electron chi connectivity index (χ4n) is 2.17. The van der Waals surface area contributed by atoms with Crippen molar-refractivity contribution in [2.75, 3.05) is 0 Å². The number of hydrogen-bond donors (Lipinski definition) is 2. The van der Waals surface area contributed by atoms with Crippen LogP contribution in [0, 0.1) is 17.5 Å². The monoisotopic (exact) mass is 314 g/mol. The van der Waals surface area contributed by atoms with E-state index in [0.717, 1.165) is 6.07 Å². The molecular formula is C15H14ClF3N2. The molecule has 0 saturated carbocycles. The van der Waals surface area contributed by atoms with E-state index in [9.17, 15) is 13.2 Å². The molecule has 0 aliphatic heterocycles. The van der Waals surface area contributed by atoms with Crippen LogP contribution >= 0.6 is 11.6 Å². The van der Waals surface area contributed by atoms with E-state index in [1.165, 1.54) is 18.2 Å². The average molecular weight is 315 g/mol. The average Bonchev–Trinajstić information content (AvgIpc) is 2.42. The Morgan fingerprint density at radius 1 is 1.05 bits per heavy atom. The predicted molar refractivity (Wildman–Crippen MR) is 76.3 cm³/mol. The summed E-state index contributed by atoms with van der Waals surface area (Å²) in [6.45, 7) is 0. The van der Waals surface area contributed by atoms with Gasteiger partial charge in [0, 0.05) is 12.1 Å². The highest BCUT2D eigenvalue weighted by atomic mass is 35.5. The first-order valence-corrected chi connectivity index (χ1v) is 6.71. The molecule has 0 fully saturated rings. The Morgan fingerprint density at radius 2 is 1.71 bits per heavy atom. The largest absolute Gasteiger partial charge is 0.271 e. The Labute approximate surface area is 125 Å². The number of hydrazine groups is 1. The zero-order chi connectivity index (χ0) is 15.4. The molecule has 6 heteroatoms. The summed E-state index contributed by atoms with van der Waals surface area (Å²) in [5.74, 6) is 3.61. The van der Waals surface area contributed by atoms with E-state index in [1.807, 2.05) is 0 Å². The summed E-state index contributed by atoms with van der Waals surface area (Å²) < 4.78 is 40.2. The lowest BCUT2D eigenvalue weighted by Crippen LogP contribution is -2.38. The molecule has 2 nitrogen and oxygen atoms in total. The van der Waals surface area contributed by atoms with Gasteiger partial charge in [0.05, 0.1) is 5.02 Å². The Hall–Kier alpha value is -1.56. The standard InChI is InChI=1S/C15H14ClF3N2/c16-14-3-1-2-10(15(14)19)7-13(21-20)6-9-4-11(17)8-12(18)5-9/h1-5,8,13,21H,6-7,20H2. The maximum absolute atomic E-state index is 13.8. The minimum atomic E-state index is -0.658. The van der Waals surface area contributed by atoms with E-state index in [-0.39, 0.29) is 23.9 Å². The molecule has 1 atom stereocenters. The van der Waals surface area contributed by atoms with Crippen LogP contribution < -0.4 is 11.3 Å². The molecule has 0 amide bonds. The van der Waals surface area contributed by atoms with Crippen LogP contribution in [-0.2, 0) is 12.8 Å². The molecule has 3 N–H and O–H groups in total. The zero-order valence-corrected chi connectivity index (χ0v) is 11.8. The first-order valence-electron chi connectivity index (χ1n) is 6.33. The van der Waals surface area contributed by atoms with Crippen molar-refractivity contribution in [1.29, 1.82) is 0 Å². The van der Waals surface area contributed by atoms with Gasteiger partial charge in [0.1, 0.15) is 17.5 Å². The van der Waals surface area contributed by atoms with Crippen LogP contribution in [0.2, 0.25) is 5.02 Å². The van der Waals surface area contributed by atoms with E-state index in [1.54, 1.807) is 12.1 Å². The van der Waals surface area contributed by atoms with Crippen LogP contribution in [0.25, 0.3) is 0 Å². The van der Waals surface area contributed by atoms with Crippen LogP contribution in [0.1, 0.15) is 11.1 Å². The summed E-state index contributed by atoms with van der Waals surface area (Å²) in [6.07, 6.45) is 0.512. The molecular weight excluding hydrogens is 301 g/mol. The van der Waals surface area contributed by atoms with Gasteiger partial charge in [-0.25, -0.2) is 13.2 Å². The third-order valence-electron chi connectivity index (χ3n) is 3.14. The zero-order valence-electron chi connectivity index (χ0n) is 11.0. The summed E-state index contributed by atoms with van der Waals surface area (Å²) in [6, 6.07) is 7.55. The van der Waals surface area contributed by atoms with Gasteiger partial charge in [-0.05, 0) is 42.2 Å². The molecule has 0 saturated heterocycles. The molecule has 112 valence electrons. The van der Waals surface area contributed by atoms with Crippen LogP contribution in [0.4, 0.5) is 13.2 Å². The van der Waals surface area contributed by atoms with Gasteiger partial charge >= 0.3 is 0 Å². The quantitative estimate of drug-likeness (QED) is 0.656. The normalized spacial score (nSPS) is 12.4. The Morgan fingerprint density at radius 3 is 2.33 bits per heavy atom. The Kier molecular flexibility index (Phi) is 5.22. The van der Waals surface area contributed by atoms with Crippen molar-refractivity contribution in [3.8, 4) is 0 Å². The van der Waals surface area contributed by atoms with Crippen molar-refractivity contribution < 1.29 is 13.2 Å². The van der Waals surface area contributed by atoms with Crippen molar-refractivity contribution in [2.24, 2.45) is 5.84 Å². The molecule has 0 spiro atoms. The SMILES string of the molecule is NNC(Cc1cc(F)cc(F)c1)Cc1cccc(Cl)c1F. The molecule has 21 heavy (non-hydrogen) atoms. The van der Waals surface area contributed by atoms with Crippen LogP contribution in [-0.4, -0.2) is 6.04 Å². The van der Waals surface area contributed by atoms with Gasteiger partial charge in [-0.1, -0.05) is 23.7 Å². The van der Waals surface area contributed by atoms with Gasteiger partial charge < -0.3 is 0 Å². The predicted octanol–water partition coefficient (Wildman–Crippen LogP) is 3.37. The Balaban J connectivity index is 2.15. The molecule has 2 rings (SSSR count). The van der Waals surface area contributed by atoms with E-state index >= 15 is 0 Å². The maximum Gasteiger partial charge on any atom is 0.145 e. The van der Waals surface area contributed by atoms with Crippen LogP contribution in [0.3, 0.4) is 0 Å². The topological polar surface area (TPSA) is 38.0 Å². The molecule has 2 aromatic rings. The highest BCUT2D eigenvalue weighted by molar-refractivity contribution is 6.30. The third-order valence-corrected chi connectivity index (χ3v) is 3.43. The van der Waals surface area contributed by atoms with Gasteiger partial charge in [-0.15, -0.1) is 0 Å². The second-order valence-electron chi connectivity index (χ2n) is 4.76. The molecule has 0 aromatic heterocycles. The molecule has 0 aliphatic carbocycles. The van der Waals surface area contributed by atoms with Gasteiger partial charge in [0.15, 0.2) is 0 Å². The smallest absolute Gasteiger partial charge is 0.145 e. The van der Waals surface area contributed by atoms with Crippen molar-refractivity contribution in [3.63, 3.8) is 0 Å². The molecule has 0 aliphatic rings. The van der Waals surface area contributed by atoms with E-state index in [4.69, 9.17) is 17.4 Å². The number of halogens is 4. The molecule has 1 unspecified atom stereocenters. The summed E-state index contributed by atoms with van der Waals surface area (Å²) >= 11 is 5.72. The summed E-state index contributed by atoms with van der Waals surface area (Å²) in [4.78, 5) is 0. The van der Waals surface area contributed by atoms with E-state index < -0.39 is 17.5 Å². The van der Waals surface area contributed by atoms with E-state index in [0.29, 0.717) is 11.1 Å². The van der Waals surface area contributed by atoms with Crippen LogP contribution in [0.15, 0.2) is 36.4 Å². The summed E-state index contributed by atoms with van der Waals surface area (Å²) in [5, 5.41) is 0.0278. The fourth-order valence-corrected chi connectivity index (χ4v) is 2.37. The lowest BCUT2D eigenvalue weighted by Gasteiger charge is -2.17.